The van der Waals surface area contributed by atoms with Crippen molar-refractivity contribution in [2.75, 3.05) is 18.4 Å². The molecule has 32 heavy (non-hydrogen) atoms. The van der Waals surface area contributed by atoms with Crippen molar-refractivity contribution < 1.29 is 14.6 Å². The third-order valence-corrected chi connectivity index (χ3v) is 5.77. The Morgan fingerprint density at radius 2 is 2.03 bits per heavy atom. The lowest BCUT2D eigenvalue weighted by atomic mass is 9.92. The number of likely N-dealkylation sites (tertiary alicyclic amines) is 1. The van der Waals surface area contributed by atoms with Crippen molar-refractivity contribution in [3.8, 4) is 5.69 Å². The summed E-state index contributed by atoms with van der Waals surface area (Å²) >= 11 is 0. The molecule has 1 aromatic carbocycles. The van der Waals surface area contributed by atoms with Crippen LogP contribution in [0.4, 0.5) is 10.6 Å². The van der Waals surface area contributed by atoms with Crippen molar-refractivity contribution in [1.82, 2.24) is 29.7 Å². The van der Waals surface area contributed by atoms with Gasteiger partial charge in [0.25, 0.3) is 0 Å². The van der Waals surface area contributed by atoms with Crippen LogP contribution in [-0.2, 0) is 4.74 Å². The fraction of sp³-hybridized carbons (Fsp3) is 0.455. The van der Waals surface area contributed by atoms with Gasteiger partial charge in [-0.2, -0.15) is 5.10 Å². The van der Waals surface area contributed by atoms with Crippen LogP contribution in [0.15, 0.2) is 36.7 Å². The zero-order chi connectivity index (χ0) is 22.5. The highest BCUT2D eigenvalue weighted by Gasteiger charge is 2.32. The number of anilines is 1. The number of carbonyl (C=O) groups excluding carboxylic acids is 1. The van der Waals surface area contributed by atoms with Gasteiger partial charge in [0.15, 0.2) is 0 Å². The van der Waals surface area contributed by atoms with E-state index in [-0.39, 0.29) is 12.0 Å². The van der Waals surface area contributed by atoms with Gasteiger partial charge >= 0.3 is 6.09 Å². The molecule has 1 amide bonds. The summed E-state index contributed by atoms with van der Waals surface area (Å²) in [5.41, 5.74) is 2.06. The molecule has 2 aliphatic heterocycles. The Hall–Kier alpha value is -3.40. The van der Waals surface area contributed by atoms with E-state index in [0.717, 1.165) is 40.9 Å². The van der Waals surface area contributed by atoms with Gasteiger partial charge < -0.3 is 20.1 Å². The largest absolute Gasteiger partial charge is 0.444 e. The van der Waals surface area contributed by atoms with Crippen molar-refractivity contribution in [1.29, 1.82) is 0 Å². The van der Waals surface area contributed by atoms with E-state index in [1.54, 1.807) is 22.0 Å². The highest BCUT2D eigenvalue weighted by atomic mass is 16.6. The molecule has 5 rings (SSSR count). The topological polar surface area (TPSA) is 110 Å². The van der Waals surface area contributed by atoms with Gasteiger partial charge in [0.05, 0.1) is 29.0 Å². The van der Waals surface area contributed by atoms with Gasteiger partial charge in [-0.15, -0.1) is 5.10 Å². The molecular weight excluding hydrogens is 410 g/mol. The molecule has 1 atom stereocenters. The molecule has 168 valence electrons. The molecule has 0 spiro atoms. The van der Waals surface area contributed by atoms with Crippen LogP contribution in [0.5, 0.6) is 0 Å². The first-order valence-corrected chi connectivity index (χ1v) is 10.8. The Morgan fingerprint density at radius 3 is 2.72 bits per heavy atom. The van der Waals surface area contributed by atoms with Gasteiger partial charge in [0.1, 0.15) is 17.6 Å². The molecule has 10 heteroatoms. The quantitative estimate of drug-likeness (QED) is 0.634. The van der Waals surface area contributed by atoms with E-state index in [2.05, 4.69) is 15.6 Å². The average molecular weight is 438 g/mol. The second kappa shape index (κ2) is 7.63. The van der Waals surface area contributed by atoms with E-state index < -0.39 is 11.8 Å². The fourth-order valence-electron chi connectivity index (χ4n) is 4.37. The van der Waals surface area contributed by atoms with Crippen molar-refractivity contribution in [2.45, 2.75) is 45.4 Å². The average Bonchev–Trinajstić information content (AvgIpc) is 3.40. The third kappa shape index (κ3) is 3.70. The van der Waals surface area contributed by atoms with Crippen LogP contribution in [0.25, 0.3) is 22.3 Å². The maximum atomic E-state index is 12.4. The summed E-state index contributed by atoms with van der Waals surface area (Å²) in [5.74, 6) is 0.888. The number of ether oxygens (including phenoxy) is 1. The number of benzene rings is 1. The van der Waals surface area contributed by atoms with E-state index >= 15 is 0 Å². The summed E-state index contributed by atoms with van der Waals surface area (Å²) in [6, 6.07) is 5.82. The predicted octanol–water partition coefficient (Wildman–Crippen LogP) is 2.85. The minimum atomic E-state index is -0.829. The van der Waals surface area contributed by atoms with E-state index in [1.165, 1.54) is 0 Å². The Balaban J connectivity index is 1.44. The Morgan fingerprint density at radius 1 is 1.25 bits per heavy atom. The molecule has 0 saturated carbocycles. The number of aromatic nitrogens is 5. The Bertz CT molecular complexity index is 1170. The van der Waals surface area contributed by atoms with Crippen LogP contribution in [0.3, 0.4) is 0 Å². The number of nitrogens with zero attached hydrogens (tertiary/aromatic N) is 6. The maximum absolute atomic E-state index is 12.4. The zero-order valence-corrected chi connectivity index (χ0v) is 18.4. The lowest BCUT2D eigenvalue weighted by Gasteiger charge is -2.35. The smallest absolute Gasteiger partial charge is 0.410 e. The summed E-state index contributed by atoms with van der Waals surface area (Å²) in [4.78, 5) is 14.2. The summed E-state index contributed by atoms with van der Waals surface area (Å²) < 4.78 is 9.08. The van der Waals surface area contributed by atoms with Crippen LogP contribution in [0.2, 0.25) is 0 Å². The number of piperidine rings is 1. The second-order valence-corrected chi connectivity index (χ2v) is 9.20. The van der Waals surface area contributed by atoms with Gasteiger partial charge in [-0.1, -0.05) is 11.3 Å². The third-order valence-electron chi connectivity index (χ3n) is 5.77. The Labute approximate surface area is 185 Å². The number of amides is 1. The summed E-state index contributed by atoms with van der Waals surface area (Å²) in [6.07, 6.45) is 5.64. The number of allylic oxidation sites excluding steroid dienone is 1. The first kappa shape index (κ1) is 20.5. The van der Waals surface area contributed by atoms with Crippen molar-refractivity contribution in [2.24, 2.45) is 5.92 Å². The van der Waals surface area contributed by atoms with Gasteiger partial charge in [-0.3, -0.25) is 0 Å². The molecular formula is C22H27N7O3. The molecule has 4 heterocycles. The minimum absolute atomic E-state index is 0.160. The zero-order valence-electron chi connectivity index (χ0n) is 18.4. The monoisotopic (exact) mass is 437 g/mol. The Kier molecular flexibility index (Phi) is 4.89. The lowest BCUT2D eigenvalue weighted by molar-refractivity contribution is 0.0198. The van der Waals surface area contributed by atoms with E-state index in [0.29, 0.717) is 13.1 Å². The molecule has 2 aromatic heterocycles. The van der Waals surface area contributed by atoms with Crippen LogP contribution in [0, 0.1) is 5.92 Å². The molecule has 10 nitrogen and oxygen atoms in total. The molecule has 3 aromatic rings. The minimum Gasteiger partial charge on any atom is -0.444 e. The first-order valence-electron chi connectivity index (χ1n) is 10.8. The van der Waals surface area contributed by atoms with Crippen LogP contribution < -0.4 is 5.32 Å². The summed E-state index contributed by atoms with van der Waals surface area (Å²) in [5, 5.41) is 27.4. The summed E-state index contributed by atoms with van der Waals surface area (Å²) in [6.45, 7) is 6.81. The summed E-state index contributed by atoms with van der Waals surface area (Å²) in [7, 11) is 0. The normalized spacial score (nSPS) is 19.4. The predicted molar refractivity (Wildman–Crippen MR) is 119 cm³/mol. The molecule has 0 aliphatic carbocycles. The van der Waals surface area contributed by atoms with Crippen molar-refractivity contribution in [3.63, 3.8) is 0 Å². The van der Waals surface area contributed by atoms with E-state index in [9.17, 15) is 9.90 Å². The molecule has 1 fully saturated rings. The number of fused-ring (bicyclic) bond motifs is 3. The molecule has 1 saturated heterocycles. The van der Waals surface area contributed by atoms with Crippen molar-refractivity contribution >= 4 is 28.5 Å². The van der Waals surface area contributed by atoms with Crippen LogP contribution >= 0.6 is 0 Å². The number of aliphatic hydroxyl groups excluding tert-OH is 1. The van der Waals surface area contributed by atoms with E-state index in [4.69, 9.17) is 9.84 Å². The molecule has 2 aliphatic rings. The van der Waals surface area contributed by atoms with Gasteiger partial charge in [-0.05, 0) is 51.8 Å². The first-order chi connectivity index (χ1) is 15.3. The van der Waals surface area contributed by atoms with Crippen LogP contribution in [-0.4, -0.2) is 65.8 Å². The maximum Gasteiger partial charge on any atom is 0.410 e. The van der Waals surface area contributed by atoms with Gasteiger partial charge in [-0.25, -0.2) is 14.2 Å². The number of carbonyl (C=O) groups is 1. The van der Waals surface area contributed by atoms with Gasteiger partial charge in [0.2, 0.25) is 0 Å². The number of nitrogens with one attached hydrogen (secondary N) is 1. The fourth-order valence-corrected chi connectivity index (χ4v) is 4.37. The number of rotatable bonds is 2. The van der Waals surface area contributed by atoms with E-state index in [1.807, 2.05) is 49.7 Å². The number of hydrogen-bond donors (Lipinski definition) is 2. The second-order valence-electron chi connectivity index (χ2n) is 9.20. The lowest BCUT2D eigenvalue weighted by Crippen LogP contribution is -2.42. The van der Waals surface area contributed by atoms with Crippen LogP contribution in [0.1, 0.15) is 33.6 Å². The SMILES string of the molecule is CC(C)(C)OC(=O)N1CCC(C2=CC(O)Nc3c4c(-n5ccnn5)cccc4nn32)CC1. The number of hydrogen-bond acceptors (Lipinski definition) is 7. The molecule has 1 unspecified atom stereocenters. The highest BCUT2D eigenvalue weighted by molar-refractivity contribution is 5.99. The van der Waals surface area contributed by atoms with Gasteiger partial charge in [0, 0.05) is 24.7 Å². The molecule has 2 N–H and O–H groups in total. The molecule has 0 radical (unpaired) electrons. The van der Waals surface area contributed by atoms with Crippen molar-refractivity contribution in [3.05, 3.63) is 36.7 Å². The molecule has 0 bridgehead atoms. The standard InChI is InChI=1S/C22H27N7O3/c1-22(2,3)32-21(31)27-10-7-14(8-11-27)17-13-18(30)24-20-19-15(25-29(17)20)5-4-6-16(19)28-12-9-23-26-28/h4-6,9,12-14,18,24,30H,7-8,10-11H2,1-3H3. The number of aliphatic hydroxyl groups is 1. The highest BCUT2D eigenvalue weighted by Crippen LogP contribution is 2.38.